The van der Waals surface area contributed by atoms with Crippen molar-refractivity contribution in [1.29, 1.82) is 0 Å². The average Bonchev–Trinajstić information content (AvgIpc) is 3.49. The van der Waals surface area contributed by atoms with E-state index in [1.54, 1.807) is 26.1 Å². The van der Waals surface area contributed by atoms with Gasteiger partial charge in [-0.25, -0.2) is 9.99 Å². The molecule has 0 aliphatic carbocycles. The van der Waals surface area contributed by atoms with Gasteiger partial charge in [0, 0.05) is 26.8 Å². The van der Waals surface area contributed by atoms with Crippen LogP contribution in [0.3, 0.4) is 0 Å². The van der Waals surface area contributed by atoms with Crippen molar-refractivity contribution in [3.8, 4) is 0 Å². The fraction of sp³-hybridized carbons (Fsp3) is 0.292. The van der Waals surface area contributed by atoms with Crippen molar-refractivity contribution in [1.82, 2.24) is 19.8 Å². The lowest BCUT2D eigenvalue weighted by Crippen LogP contribution is -2.34. The number of nitrogens with one attached hydrogen (secondary N) is 1. The second-order valence-corrected chi connectivity index (χ2v) is 11.5. The summed E-state index contributed by atoms with van der Waals surface area (Å²) < 4.78 is 34.1. The third-order valence-corrected chi connectivity index (χ3v) is 7.96. The molecule has 38 heavy (non-hydrogen) atoms. The molecule has 1 aliphatic heterocycles. The number of likely N-dealkylation sites (N-methyl/N-ethyl adjacent to an activating group) is 1. The molecule has 3 heterocycles. The number of allylic oxidation sites excluding steroid dienone is 2. The van der Waals surface area contributed by atoms with E-state index in [0.717, 1.165) is 22.0 Å². The molecule has 0 radical (unpaired) electrons. The van der Waals surface area contributed by atoms with Crippen LogP contribution in [0.25, 0.3) is 16.3 Å². The molecule has 3 aromatic rings. The van der Waals surface area contributed by atoms with Gasteiger partial charge >= 0.3 is 0 Å². The number of fused-ring (bicyclic) bond motifs is 1. The molecular formula is C24H26N6O6S2. The number of amides is 2. The zero-order chi connectivity index (χ0) is 28.1. The Morgan fingerprint density at radius 3 is 2.55 bits per heavy atom. The van der Waals surface area contributed by atoms with Crippen LogP contribution in [0, 0.1) is 0 Å². The lowest BCUT2D eigenvalue weighted by atomic mass is 10.0. The number of hydrogen-bond donors (Lipinski definition) is 2. The Labute approximate surface area is 222 Å². The molecule has 2 N–H and O–H groups in total. The number of hydrogen-bond acceptors (Lipinski definition) is 8. The van der Waals surface area contributed by atoms with Crippen molar-refractivity contribution >= 4 is 60.4 Å². The van der Waals surface area contributed by atoms with Gasteiger partial charge in [0.25, 0.3) is 27.5 Å². The molecule has 14 heteroatoms. The molecule has 0 saturated carbocycles. The quantitative estimate of drug-likeness (QED) is 0.347. The number of aromatic nitrogens is 3. The molecule has 0 bridgehead atoms. The van der Waals surface area contributed by atoms with Crippen molar-refractivity contribution < 1.29 is 22.6 Å². The number of hydrazone groups is 1. The van der Waals surface area contributed by atoms with E-state index in [9.17, 15) is 27.4 Å². The van der Waals surface area contributed by atoms with Crippen LogP contribution < -0.4 is 10.5 Å². The Morgan fingerprint density at radius 1 is 1.24 bits per heavy atom. The number of carbonyl (C=O) groups is 2. The van der Waals surface area contributed by atoms with Crippen molar-refractivity contribution in [2.45, 2.75) is 31.6 Å². The van der Waals surface area contributed by atoms with Crippen LogP contribution in [0.4, 0.5) is 5.13 Å². The summed E-state index contributed by atoms with van der Waals surface area (Å²) in [6.07, 6.45) is 3.23. The summed E-state index contributed by atoms with van der Waals surface area (Å²) in [6.45, 7) is 5.56. The van der Waals surface area contributed by atoms with E-state index >= 15 is 0 Å². The minimum atomic E-state index is -4.40. The molecule has 0 unspecified atom stereocenters. The maximum atomic E-state index is 13.5. The highest BCUT2D eigenvalue weighted by atomic mass is 32.2. The number of rotatable bonds is 6. The average molecular weight is 559 g/mol. The van der Waals surface area contributed by atoms with Gasteiger partial charge in [-0.05, 0) is 42.7 Å². The summed E-state index contributed by atoms with van der Waals surface area (Å²) in [4.78, 5) is 44.3. The minimum Gasteiger partial charge on any atom is -0.299 e. The topological polar surface area (TPSA) is 158 Å². The summed E-state index contributed by atoms with van der Waals surface area (Å²) >= 11 is 1.04. The first-order chi connectivity index (χ1) is 17.7. The van der Waals surface area contributed by atoms with Gasteiger partial charge in [-0.2, -0.15) is 13.5 Å². The molecule has 0 atom stereocenters. The lowest BCUT2D eigenvalue weighted by Gasteiger charge is -2.13. The van der Waals surface area contributed by atoms with E-state index in [2.05, 4.69) is 15.2 Å². The summed E-state index contributed by atoms with van der Waals surface area (Å²) in [6, 6.07) is 3.92. The van der Waals surface area contributed by atoms with E-state index < -0.39 is 21.9 Å². The summed E-state index contributed by atoms with van der Waals surface area (Å²) in [5, 5.41) is 8.49. The first-order valence-electron chi connectivity index (χ1n) is 11.4. The van der Waals surface area contributed by atoms with E-state index in [1.165, 1.54) is 41.9 Å². The maximum Gasteiger partial charge on any atom is 0.294 e. The SMILES string of the molecule is CC(/C=C/c1c(C(C)C)[nH]n(C)c1=O)=C1\C(=O)N(C)N=C1C(=O)N(C)c1nc2ccc(S(=O)(=O)O)cc2s1. The molecule has 0 spiro atoms. The van der Waals surface area contributed by atoms with Crippen molar-refractivity contribution in [3.63, 3.8) is 0 Å². The fourth-order valence-corrected chi connectivity index (χ4v) is 5.48. The molecule has 4 rings (SSSR count). The summed E-state index contributed by atoms with van der Waals surface area (Å²) in [5.74, 6) is -1.01. The Morgan fingerprint density at radius 2 is 1.92 bits per heavy atom. The van der Waals surface area contributed by atoms with Crippen LogP contribution in [0.2, 0.25) is 0 Å². The van der Waals surface area contributed by atoms with E-state index in [0.29, 0.717) is 21.4 Å². The first-order valence-corrected chi connectivity index (χ1v) is 13.7. The highest BCUT2D eigenvalue weighted by Gasteiger charge is 2.36. The largest absolute Gasteiger partial charge is 0.299 e. The Kier molecular flexibility index (Phi) is 6.99. The van der Waals surface area contributed by atoms with E-state index in [-0.39, 0.29) is 32.8 Å². The summed E-state index contributed by atoms with van der Waals surface area (Å²) in [7, 11) is 0.131. The normalized spacial score (nSPS) is 15.7. The molecule has 0 fully saturated rings. The highest BCUT2D eigenvalue weighted by Crippen LogP contribution is 2.31. The third-order valence-electron chi connectivity index (χ3n) is 6.02. The first kappa shape index (κ1) is 27.2. The number of H-pyrrole nitrogens is 1. The van der Waals surface area contributed by atoms with Crippen LogP contribution in [-0.4, -0.2) is 64.4 Å². The predicted octanol–water partition coefficient (Wildman–Crippen LogP) is 2.51. The van der Waals surface area contributed by atoms with Gasteiger partial charge in [-0.3, -0.25) is 33.6 Å². The van der Waals surface area contributed by atoms with Gasteiger partial charge < -0.3 is 0 Å². The van der Waals surface area contributed by atoms with E-state index in [4.69, 9.17) is 0 Å². The van der Waals surface area contributed by atoms with Crippen LogP contribution in [-0.2, 0) is 26.8 Å². The van der Waals surface area contributed by atoms with Gasteiger partial charge in [0.1, 0.15) is 0 Å². The highest BCUT2D eigenvalue weighted by molar-refractivity contribution is 7.85. The molecule has 1 aromatic carbocycles. The van der Waals surface area contributed by atoms with Crippen molar-refractivity contribution in [3.05, 3.63) is 57.0 Å². The Balaban J connectivity index is 1.70. The Hall–Kier alpha value is -3.88. The molecule has 12 nitrogen and oxygen atoms in total. The second-order valence-electron chi connectivity index (χ2n) is 9.09. The van der Waals surface area contributed by atoms with Crippen LogP contribution >= 0.6 is 11.3 Å². The molecule has 2 aromatic heterocycles. The van der Waals surface area contributed by atoms with Crippen LogP contribution in [0.1, 0.15) is 37.9 Å². The number of anilines is 1. The summed E-state index contributed by atoms with van der Waals surface area (Å²) in [5.41, 5.74) is 1.87. The van der Waals surface area contributed by atoms with Gasteiger partial charge in [-0.1, -0.05) is 31.3 Å². The second kappa shape index (κ2) is 9.78. The maximum absolute atomic E-state index is 13.5. The minimum absolute atomic E-state index is 0.0606. The molecule has 2 amide bonds. The van der Waals surface area contributed by atoms with E-state index in [1.807, 2.05) is 13.8 Å². The molecule has 1 aliphatic rings. The third kappa shape index (κ3) is 4.85. The number of benzene rings is 1. The van der Waals surface area contributed by atoms with Crippen molar-refractivity contribution in [2.24, 2.45) is 12.1 Å². The lowest BCUT2D eigenvalue weighted by molar-refractivity contribution is -0.124. The molecular weight excluding hydrogens is 532 g/mol. The Bertz CT molecular complexity index is 1740. The number of aryl methyl sites for hydroxylation is 1. The smallest absolute Gasteiger partial charge is 0.294 e. The number of nitrogens with zero attached hydrogens (tertiary/aromatic N) is 5. The standard InChI is InChI=1S/C24H26N6O6S2/c1-12(2)19-15(21(31)29(5)26-19)9-7-13(3)18-20(27-30(6)22(18)32)23(33)28(4)24-25-16-10-8-14(38(34,35)36)11-17(16)37-24/h7-12,26H,1-6H3,(H,34,35,36)/b9-7+,18-13+. The number of aromatic amines is 1. The van der Waals surface area contributed by atoms with Gasteiger partial charge in [0.05, 0.1) is 26.2 Å². The van der Waals surface area contributed by atoms with Crippen LogP contribution in [0.15, 0.2) is 50.2 Å². The zero-order valence-corrected chi connectivity index (χ0v) is 23.1. The van der Waals surface area contributed by atoms with Gasteiger partial charge in [0.15, 0.2) is 10.8 Å². The van der Waals surface area contributed by atoms with Crippen molar-refractivity contribution in [2.75, 3.05) is 19.0 Å². The molecule has 200 valence electrons. The van der Waals surface area contributed by atoms with Gasteiger partial charge in [0.2, 0.25) is 0 Å². The number of thiazole rings is 1. The predicted molar refractivity (Wildman–Crippen MR) is 145 cm³/mol. The van der Waals surface area contributed by atoms with Gasteiger partial charge in [-0.15, -0.1) is 0 Å². The monoisotopic (exact) mass is 558 g/mol. The number of carbonyl (C=O) groups excluding carboxylic acids is 2. The zero-order valence-electron chi connectivity index (χ0n) is 21.5. The van der Waals surface area contributed by atoms with Crippen LogP contribution in [0.5, 0.6) is 0 Å². The fourth-order valence-electron chi connectivity index (χ4n) is 3.94. The molecule has 0 saturated heterocycles.